The van der Waals surface area contributed by atoms with E-state index in [-0.39, 0.29) is 12.4 Å². The molecule has 1 fully saturated rings. The van der Waals surface area contributed by atoms with Gasteiger partial charge in [0.2, 0.25) is 5.79 Å². The van der Waals surface area contributed by atoms with Crippen molar-refractivity contribution in [3.05, 3.63) is 29.6 Å². The first-order valence-electron chi connectivity index (χ1n) is 6.04. The van der Waals surface area contributed by atoms with Crippen LogP contribution < -0.4 is 0 Å². The molecule has 0 saturated carbocycles. The fraction of sp³-hybridized carbons (Fsp3) is 0.538. The molecular weight excluding hydrogens is 234 g/mol. The molecule has 5 heteroatoms. The van der Waals surface area contributed by atoms with Crippen molar-refractivity contribution in [3.8, 4) is 0 Å². The number of ether oxygens (including phenoxy) is 3. The largest absolute Gasteiger partial charge is 0.466 e. The van der Waals surface area contributed by atoms with E-state index in [0.717, 1.165) is 0 Å². The SMILES string of the molecule is CCOC(=O)Cc1cccc(C2(C)OCCO2)n1. The summed E-state index contributed by atoms with van der Waals surface area (Å²) in [6.07, 6.45) is 0.164. The minimum absolute atomic E-state index is 0.164. The van der Waals surface area contributed by atoms with E-state index in [4.69, 9.17) is 14.2 Å². The van der Waals surface area contributed by atoms with Crippen LogP contribution in [-0.2, 0) is 31.2 Å². The zero-order valence-corrected chi connectivity index (χ0v) is 10.6. The average molecular weight is 251 g/mol. The molecule has 18 heavy (non-hydrogen) atoms. The predicted molar refractivity (Wildman–Crippen MR) is 63.8 cm³/mol. The second-order valence-electron chi connectivity index (χ2n) is 4.14. The van der Waals surface area contributed by atoms with Crippen LogP contribution in [0.25, 0.3) is 0 Å². The van der Waals surface area contributed by atoms with Crippen molar-refractivity contribution in [2.45, 2.75) is 26.1 Å². The Kier molecular flexibility index (Phi) is 3.93. The van der Waals surface area contributed by atoms with Crippen molar-refractivity contribution in [2.75, 3.05) is 19.8 Å². The van der Waals surface area contributed by atoms with E-state index in [1.807, 2.05) is 19.1 Å². The molecule has 0 aliphatic carbocycles. The number of hydrogen-bond acceptors (Lipinski definition) is 5. The molecule has 2 heterocycles. The Balaban J connectivity index is 2.12. The summed E-state index contributed by atoms with van der Waals surface area (Å²) in [7, 11) is 0. The van der Waals surface area contributed by atoms with E-state index in [0.29, 0.717) is 31.2 Å². The van der Waals surface area contributed by atoms with Crippen molar-refractivity contribution in [1.29, 1.82) is 0 Å². The first-order valence-corrected chi connectivity index (χ1v) is 6.04. The van der Waals surface area contributed by atoms with Crippen LogP contribution in [0.4, 0.5) is 0 Å². The Morgan fingerprint density at radius 2 is 2.17 bits per heavy atom. The van der Waals surface area contributed by atoms with E-state index in [9.17, 15) is 4.79 Å². The van der Waals surface area contributed by atoms with Gasteiger partial charge < -0.3 is 14.2 Å². The highest BCUT2D eigenvalue weighted by Crippen LogP contribution is 2.29. The monoisotopic (exact) mass is 251 g/mol. The Hall–Kier alpha value is -1.46. The Labute approximate surface area is 106 Å². The highest BCUT2D eigenvalue weighted by Gasteiger charge is 2.34. The topological polar surface area (TPSA) is 57.7 Å². The highest BCUT2D eigenvalue weighted by atomic mass is 16.7. The van der Waals surface area contributed by atoms with Crippen LogP contribution in [0.3, 0.4) is 0 Å². The summed E-state index contributed by atoms with van der Waals surface area (Å²) >= 11 is 0. The molecule has 2 rings (SSSR count). The summed E-state index contributed by atoms with van der Waals surface area (Å²) in [5.41, 5.74) is 1.34. The Morgan fingerprint density at radius 1 is 1.44 bits per heavy atom. The van der Waals surface area contributed by atoms with Gasteiger partial charge >= 0.3 is 5.97 Å². The van der Waals surface area contributed by atoms with E-state index < -0.39 is 5.79 Å². The molecule has 0 aromatic carbocycles. The zero-order valence-electron chi connectivity index (χ0n) is 10.6. The van der Waals surface area contributed by atoms with Crippen molar-refractivity contribution in [2.24, 2.45) is 0 Å². The molecule has 0 atom stereocenters. The maximum absolute atomic E-state index is 11.4. The van der Waals surface area contributed by atoms with E-state index in [1.165, 1.54) is 0 Å². The van der Waals surface area contributed by atoms with Crippen LogP contribution >= 0.6 is 0 Å². The summed E-state index contributed by atoms with van der Waals surface area (Å²) in [4.78, 5) is 15.8. The lowest BCUT2D eigenvalue weighted by Crippen LogP contribution is -2.24. The number of nitrogens with zero attached hydrogens (tertiary/aromatic N) is 1. The molecule has 1 aromatic rings. The first kappa shape index (κ1) is 13.0. The van der Waals surface area contributed by atoms with Gasteiger partial charge in [0, 0.05) is 0 Å². The fourth-order valence-corrected chi connectivity index (χ4v) is 1.85. The lowest BCUT2D eigenvalue weighted by Gasteiger charge is -2.21. The van der Waals surface area contributed by atoms with Crippen LogP contribution in [-0.4, -0.2) is 30.8 Å². The van der Waals surface area contributed by atoms with Gasteiger partial charge in [-0.1, -0.05) is 6.07 Å². The number of carbonyl (C=O) groups is 1. The standard InChI is InChI=1S/C13H17NO4/c1-3-16-12(15)9-10-5-4-6-11(14-10)13(2)17-7-8-18-13/h4-6H,3,7-9H2,1-2H3. The lowest BCUT2D eigenvalue weighted by molar-refractivity contribution is -0.153. The number of aromatic nitrogens is 1. The van der Waals surface area contributed by atoms with Gasteiger partial charge in [0.25, 0.3) is 0 Å². The van der Waals surface area contributed by atoms with Gasteiger partial charge in [-0.15, -0.1) is 0 Å². The molecule has 0 N–H and O–H groups in total. The molecule has 1 aliphatic rings. The molecule has 5 nitrogen and oxygen atoms in total. The van der Waals surface area contributed by atoms with Crippen LogP contribution in [0, 0.1) is 0 Å². The third kappa shape index (κ3) is 2.86. The molecule has 0 radical (unpaired) electrons. The van der Waals surface area contributed by atoms with Gasteiger partial charge in [-0.3, -0.25) is 9.78 Å². The van der Waals surface area contributed by atoms with Gasteiger partial charge in [0.1, 0.15) is 0 Å². The average Bonchev–Trinajstić information content (AvgIpc) is 2.78. The van der Waals surface area contributed by atoms with Gasteiger partial charge in [-0.25, -0.2) is 0 Å². The second kappa shape index (κ2) is 5.46. The summed E-state index contributed by atoms with van der Waals surface area (Å²) in [5, 5.41) is 0. The molecule has 0 unspecified atom stereocenters. The maximum Gasteiger partial charge on any atom is 0.311 e. The first-order chi connectivity index (χ1) is 8.64. The fourth-order valence-electron chi connectivity index (χ4n) is 1.85. The lowest BCUT2D eigenvalue weighted by atomic mass is 10.1. The number of carbonyl (C=O) groups excluding carboxylic acids is 1. The Bertz CT molecular complexity index is 427. The third-order valence-electron chi connectivity index (χ3n) is 2.74. The van der Waals surface area contributed by atoms with Crippen molar-refractivity contribution < 1.29 is 19.0 Å². The van der Waals surface area contributed by atoms with Crippen molar-refractivity contribution >= 4 is 5.97 Å². The number of pyridine rings is 1. The molecule has 0 amide bonds. The van der Waals surface area contributed by atoms with E-state index in [2.05, 4.69) is 4.98 Å². The van der Waals surface area contributed by atoms with Crippen LogP contribution in [0.5, 0.6) is 0 Å². The molecule has 1 aromatic heterocycles. The zero-order chi connectivity index (χ0) is 13.0. The predicted octanol–water partition coefficient (Wildman–Crippen LogP) is 1.41. The maximum atomic E-state index is 11.4. The van der Waals surface area contributed by atoms with Gasteiger partial charge in [-0.2, -0.15) is 0 Å². The van der Waals surface area contributed by atoms with Crippen LogP contribution in [0.1, 0.15) is 25.2 Å². The summed E-state index contributed by atoms with van der Waals surface area (Å²) in [5.74, 6) is -1.08. The van der Waals surface area contributed by atoms with E-state index in [1.54, 1.807) is 13.0 Å². The smallest absolute Gasteiger partial charge is 0.311 e. The van der Waals surface area contributed by atoms with Gasteiger partial charge in [0.15, 0.2) is 0 Å². The minimum Gasteiger partial charge on any atom is -0.466 e. The summed E-state index contributed by atoms with van der Waals surface area (Å²) in [6, 6.07) is 5.46. The van der Waals surface area contributed by atoms with Gasteiger partial charge in [0.05, 0.1) is 37.6 Å². The third-order valence-corrected chi connectivity index (χ3v) is 2.74. The molecule has 0 spiro atoms. The van der Waals surface area contributed by atoms with Crippen LogP contribution in [0.15, 0.2) is 18.2 Å². The van der Waals surface area contributed by atoms with Crippen molar-refractivity contribution in [1.82, 2.24) is 4.98 Å². The quantitative estimate of drug-likeness (QED) is 0.757. The Morgan fingerprint density at radius 3 is 2.83 bits per heavy atom. The van der Waals surface area contributed by atoms with E-state index >= 15 is 0 Å². The molecule has 1 aliphatic heterocycles. The second-order valence-corrected chi connectivity index (χ2v) is 4.14. The number of esters is 1. The van der Waals surface area contributed by atoms with Gasteiger partial charge in [-0.05, 0) is 26.0 Å². The molecule has 98 valence electrons. The summed E-state index contributed by atoms with van der Waals surface area (Å²) in [6.45, 7) is 5.10. The van der Waals surface area contributed by atoms with Crippen molar-refractivity contribution in [3.63, 3.8) is 0 Å². The minimum atomic E-state index is -0.801. The molecular formula is C13H17NO4. The normalized spacial score (nSPS) is 17.7. The summed E-state index contributed by atoms with van der Waals surface area (Å²) < 4.78 is 16.0. The number of hydrogen-bond donors (Lipinski definition) is 0. The number of rotatable bonds is 4. The molecule has 1 saturated heterocycles. The van der Waals surface area contributed by atoms with Crippen LogP contribution in [0.2, 0.25) is 0 Å². The highest BCUT2D eigenvalue weighted by molar-refractivity contribution is 5.71. The molecule has 0 bridgehead atoms.